The first-order valence-electron chi connectivity index (χ1n) is 13.5. The number of aryl methyl sites for hydroxylation is 2. The summed E-state index contributed by atoms with van der Waals surface area (Å²) in [6.07, 6.45) is -3.56. The largest absolute Gasteiger partial charge is 0.455 e. The van der Waals surface area contributed by atoms with E-state index < -0.39 is 23.7 Å². The molecule has 0 aliphatic rings. The molecule has 0 radical (unpaired) electrons. The molecule has 3 heterocycles. The van der Waals surface area contributed by atoms with Gasteiger partial charge in [-0.1, -0.05) is 47.5 Å². The van der Waals surface area contributed by atoms with Crippen LogP contribution in [0.2, 0.25) is 10.0 Å². The molecule has 1 N–H and O–H groups in total. The van der Waals surface area contributed by atoms with Gasteiger partial charge in [0.25, 0.3) is 11.7 Å². The predicted octanol–water partition coefficient (Wildman–Crippen LogP) is 6.16. The minimum absolute atomic E-state index is 0.0238. The number of Topliss-reactive ketones (excluding diaryl/α,β-unsaturated/α-hetero) is 1. The molecule has 5 aromatic rings. The van der Waals surface area contributed by atoms with E-state index >= 15 is 0 Å². The van der Waals surface area contributed by atoms with Gasteiger partial charge < -0.3 is 5.32 Å². The number of carbonyl (C=O) groups is 2. The Hall–Kier alpha value is -4.62. The Kier molecular flexibility index (Phi) is 9.03. The van der Waals surface area contributed by atoms with Crippen LogP contribution in [0.15, 0.2) is 60.8 Å². The number of tetrazole rings is 1. The minimum atomic E-state index is -4.78. The molecule has 0 aliphatic carbocycles. The molecule has 10 nitrogen and oxygen atoms in total. The zero-order valence-corrected chi connectivity index (χ0v) is 25.6. The summed E-state index contributed by atoms with van der Waals surface area (Å²) in [5.74, 6) is -2.18. The first-order chi connectivity index (χ1) is 21.3. The number of ketones is 1. The molecule has 0 spiro atoms. The SMILES string of the molecule is Cc1ccccc1C(C)NC(=O)c1cc(Cl)cc(C)c1CC(=O)c1cc(Cn2nnc(C(F)(F)F)n2)nn1-c1ncccc1Cl. The van der Waals surface area contributed by atoms with E-state index in [-0.39, 0.29) is 46.8 Å². The molecule has 0 fully saturated rings. The lowest BCUT2D eigenvalue weighted by atomic mass is 9.95. The molecule has 45 heavy (non-hydrogen) atoms. The van der Waals surface area contributed by atoms with Crippen molar-refractivity contribution in [3.8, 4) is 5.82 Å². The van der Waals surface area contributed by atoms with E-state index in [2.05, 4.69) is 30.8 Å². The number of rotatable bonds is 9. The molecule has 232 valence electrons. The number of aromatic nitrogens is 7. The maximum absolute atomic E-state index is 13.9. The van der Waals surface area contributed by atoms with Crippen molar-refractivity contribution in [1.29, 1.82) is 0 Å². The van der Waals surface area contributed by atoms with E-state index in [4.69, 9.17) is 23.2 Å². The van der Waals surface area contributed by atoms with Crippen molar-refractivity contribution < 1.29 is 22.8 Å². The molecule has 0 aliphatic heterocycles. The van der Waals surface area contributed by atoms with E-state index in [0.717, 1.165) is 11.1 Å². The van der Waals surface area contributed by atoms with Crippen molar-refractivity contribution in [2.75, 3.05) is 0 Å². The highest BCUT2D eigenvalue weighted by Gasteiger charge is 2.37. The van der Waals surface area contributed by atoms with Crippen LogP contribution >= 0.6 is 23.2 Å². The maximum atomic E-state index is 13.9. The predicted molar refractivity (Wildman–Crippen MR) is 160 cm³/mol. The molecule has 3 aromatic heterocycles. The quantitative estimate of drug-likeness (QED) is 0.189. The van der Waals surface area contributed by atoms with Crippen LogP contribution in [0.5, 0.6) is 0 Å². The second-order valence-corrected chi connectivity index (χ2v) is 11.1. The topological polar surface area (TPSA) is 120 Å². The Bertz CT molecular complexity index is 1900. The fraction of sp³-hybridized carbons (Fsp3) is 0.233. The van der Waals surface area contributed by atoms with Crippen molar-refractivity contribution in [1.82, 2.24) is 40.3 Å². The number of hydrogen-bond acceptors (Lipinski definition) is 7. The second-order valence-electron chi connectivity index (χ2n) is 10.3. The lowest BCUT2D eigenvalue weighted by Gasteiger charge is -2.19. The summed E-state index contributed by atoms with van der Waals surface area (Å²) in [6.45, 7) is 5.22. The van der Waals surface area contributed by atoms with Crippen molar-refractivity contribution in [2.45, 2.75) is 46.0 Å². The van der Waals surface area contributed by atoms with Gasteiger partial charge in [0.2, 0.25) is 0 Å². The van der Waals surface area contributed by atoms with Gasteiger partial charge in [-0.25, -0.2) is 9.67 Å². The number of benzene rings is 2. The number of pyridine rings is 1. The van der Waals surface area contributed by atoms with Crippen LogP contribution in [0.25, 0.3) is 5.82 Å². The number of nitrogens with one attached hydrogen (secondary N) is 1. The summed E-state index contributed by atoms with van der Waals surface area (Å²) < 4.78 is 40.2. The molecule has 1 unspecified atom stereocenters. The number of carbonyl (C=O) groups excluding carboxylic acids is 2. The van der Waals surface area contributed by atoms with Gasteiger partial charge in [-0.15, -0.1) is 10.2 Å². The third-order valence-electron chi connectivity index (χ3n) is 7.02. The number of halogens is 5. The highest BCUT2D eigenvalue weighted by molar-refractivity contribution is 6.32. The van der Waals surface area contributed by atoms with Crippen molar-refractivity contribution in [3.05, 3.63) is 116 Å². The summed E-state index contributed by atoms with van der Waals surface area (Å²) in [5, 5.41) is 17.7. The number of hydrogen-bond donors (Lipinski definition) is 1. The molecule has 0 bridgehead atoms. The van der Waals surface area contributed by atoms with Gasteiger partial charge in [0, 0.05) is 23.2 Å². The van der Waals surface area contributed by atoms with Gasteiger partial charge in [0.15, 0.2) is 11.6 Å². The summed E-state index contributed by atoms with van der Waals surface area (Å²) in [5.41, 5.74) is 3.39. The molecule has 15 heteroatoms. The highest BCUT2D eigenvalue weighted by Crippen LogP contribution is 2.27. The molecular weight excluding hydrogens is 632 g/mol. The van der Waals surface area contributed by atoms with Crippen LogP contribution in [-0.4, -0.2) is 46.7 Å². The molecule has 0 saturated heterocycles. The minimum Gasteiger partial charge on any atom is -0.345 e. The van der Waals surface area contributed by atoms with E-state index in [1.54, 1.807) is 25.1 Å². The van der Waals surface area contributed by atoms with Gasteiger partial charge in [-0.05, 0) is 78.6 Å². The van der Waals surface area contributed by atoms with Gasteiger partial charge in [0.1, 0.15) is 12.2 Å². The van der Waals surface area contributed by atoms with Gasteiger partial charge in [-0.3, -0.25) is 9.59 Å². The van der Waals surface area contributed by atoms with Crippen LogP contribution in [0.1, 0.15) is 67.6 Å². The lowest BCUT2D eigenvalue weighted by molar-refractivity contribution is -0.145. The summed E-state index contributed by atoms with van der Waals surface area (Å²) in [6, 6.07) is 15.0. The summed E-state index contributed by atoms with van der Waals surface area (Å²) in [7, 11) is 0. The molecule has 2 aromatic carbocycles. The standard InChI is InChI=1S/C30H25Cl2F3N8O2/c1-16-7-4-5-8-21(16)18(3)37-28(45)23-12-19(31)11-17(2)22(23)14-26(44)25-13-20(15-42-40-29(38-41-42)30(33,34)35)39-43(25)27-24(32)9-6-10-36-27/h4-13,18H,14-15H2,1-3H3,(H,37,45). The van der Waals surface area contributed by atoms with Crippen molar-refractivity contribution >= 4 is 34.9 Å². The maximum Gasteiger partial charge on any atom is 0.455 e. The fourth-order valence-electron chi connectivity index (χ4n) is 4.86. The smallest absolute Gasteiger partial charge is 0.345 e. The Labute approximate surface area is 265 Å². The zero-order valence-electron chi connectivity index (χ0n) is 24.1. The molecule has 1 atom stereocenters. The van der Waals surface area contributed by atoms with Gasteiger partial charge >= 0.3 is 6.18 Å². The molecule has 5 rings (SSSR count). The average molecular weight is 657 g/mol. The first-order valence-corrected chi connectivity index (χ1v) is 14.3. The van der Waals surface area contributed by atoms with Gasteiger partial charge in [0.05, 0.1) is 16.8 Å². The Morgan fingerprint density at radius 2 is 1.76 bits per heavy atom. The first kappa shape index (κ1) is 31.8. The Balaban J connectivity index is 1.49. The van der Waals surface area contributed by atoms with E-state index in [9.17, 15) is 22.8 Å². The monoisotopic (exact) mass is 656 g/mol. The molecule has 0 saturated carbocycles. The van der Waals surface area contributed by atoms with Crippen LogP contribution in [0, 0.1) is 13.8 Å². The number of alkyl halides is 3. The lowest BCUT2D eigenvalue weighted by Crippen LogP contribution is -2.28. The van der Waals surface area contributed by atoms with Crippen molar-refractivity contribution in [2.24, 2.45) is 0 Å². The second kappa shape index (κ2) is 12.8. The van der Waals surface area contributed by atoms with Crippen molar-refractivity contribution in [3.63, 3.8) is 0 Å². The summed E-state index contributed by atoms with van der Waals surface area (Å²) >= 11 is 12.7. The highest BCUT2D eigenvalue weighted by atomic mass is 35.5. The van der Waals surface area contributed by atoms with E-state index in [1.165, 1.54) is 23.0 Å². The van der Waals surface area contributed by atoms with Crippen LogP contribution < -0.4 is 5.32 Å². The van der Waals surface area contributed by atoms with E-state index in [1.807, 2.05) is 38.1 Å². The Morgan fingerprint density at radius 1 is 1.00 bits per heavy atom. The third-order valence-corrected chi connectivity index (χ3v) is 7.53. The molecule has 1 amide bonds. The Morgan fingerprint density at radius 3 is 2.44 bits per heavy atom. The van der Waals surface area contributed by atoms with Gasteiger partial charge in [-0.2, -0.15) is 23.1 Å². The number of amides is 1. The van der Waals surface area contributed by atoms with Crippen LogP contribution in [0.4, 0.5) is 13.2 Å². The fourth-order valence-corrected chi connectivity index (χ4v) is 5.33. The normalized spacial score (nSPS) is 12.3. The van der Waals surface area contributed by atoms with E-state index in [0.29, 0.717) is 20.9 Å². The number of nitrogens with zero attached hydrogens (tertiary/aromatic N) is 7. The average Bonchev–Trinajstić information content (AvgIpc) is 3.62. The zero-order chi connectivity index (χ0) is 32.5. The third kappa shape index (κ3) is 7.04. The van der Waals surface area contributed by atoms with Crippen LogP contribution in [0.3, 0.4) is 0 Å². The van der Waals surface area contributed by atoms with Crippen LogP contribution in [-0.2, 0) is 19.1 Å². The summed E-state index contributed by atoms with van der Waals surface area (Å²) in [4.78, 5) is 32.4. The molecular formula is C30H25Cl2F3N8O2.